The third-order valence-electron chi connectivity index (χ3n) is 6.50. The summed E-state index contributed by atoms with van der Waals surface area (Å²) in [4.78, 5) is 1.69. The van der Waals surface area contributed by atoms with Gasteiger partial charge in [-0.25, -0.2) is 0 Å². The van der Waals surface area contributed by atoms with E-state index in [1.54, 1.807) is 4.90 Å². The number of benzene rings is 2. The average Bonchev–Trinajstić information content (AvgIpc) is 3.19. The van der Waals surface area contributed by atoms with Gasteiger partial charge < -0.3 is 4.90 Å². The normalized spacial score (nSPS) is 19.3. The zero-order chi connectivity index (χ0) is 22.7. The molecule has 4 nitrogen and oxygen atoms in total. The molecule has 1 aliphatic heterocycles. The minimum Gasteiger partial charge on any atom is -0.335 e. The summed E-state index contributed by atoms with van der Waals surface area (Å²) < 4.78 is 3.28. The summed E-state index contributed by atoms with van der Waals surface area (Å²) in [5, 5.41) is 10.2. The van der Waals surface area contributed by atoms with E-state index in [1.807, 2.05) is 11.8 Å². The van der Waals surface area contributed by atoms with E-state index in [4.69, 9.17) is 0 Å². The van der Waals surface area contributed by atoms with Gasteiger partial charge in [-0.15, -0.1) is 10.2 Å². The fourth-order valence-electron chi connectivity index (χ4n) is 4.42. The van der Waals surface area contributed by atoms with E-state index in [0.29, 0.717) is 0 Å². The van der Waals surface area contributed by atoms with Crippen LogP contribution < -0.4 is 4.90 Å². The highest BCUT2D eigenvalue weighted by Crippen LogP contribution is 2.31. The Kier molecular flexibility index (Phi) is 7.43. The predicted molar refractivity (Wildman–Crippen MR) is 138 cm³/mol. The molecule has 1 aromatic heterocycles. The van der Waals surface area contributed by atoms with Crippen LogP contribution in [-0.4, -0.2) is 40.2 Å². The Hall–Kier alpha value is -1.63. The molecule has 0 radical (unpaired) electrons. The molecule has 0 bridgehead atoms. The zero-order valence-corrected chi connectivity index (χ0v) is 22.0. The molecule has 1 fully saturated rings. The van der Waals surface area contributed by atoms with Crippen LogP contribution in [0, 0.1) is 0 Å². The van der Waals surface area contributed by atoms with E-state index in [0.717, 1.165) is 38.5 Å². The SMILES string of the molecule is C[NH+]1CCCC[C@@H]1CCSc1nnc(-c2ccc(C(C)(C)C)cc2)n1-c1ccc(Br)cc1. The molecule has 4 rings (SSSR count). The van der Waals surface area contributed by atoms with Crippen molar-refractivity contribution in [1.29, 1.82) is 0 Å². The monoisotopic (exact) mass is 513 g/mol. The van der Waals surface area contributed by atoms with Crippen LogP contribution in [0.15, 0.2) is 58.2 Å². The van der Waals surface area contributed by atoms with Crippen molar-refractivity contribution in [2.75, 3.05) is 19.3 Å². The van der Waals surface area contributed by atoms with Crippen LogP contribution in [0.2, 0.25) is 0 Å². The number of rotatable bonds is 6. The molecule has 170 valence electrons. The maximum Gasteiger partial charge on any atom is 0.196 e. The summed E-state index contributed by atoms with van der Waals surface area (Å²) in [6, 6.07) is 18.0. The maximum atomic E-state index is 4.63. The third-order valence-corrected chi connectivity index (χ3v) is 7.99. The molecule has 1 aliphatic rings. The van der Waals surface area contributed by atoms with Crippen LogP contribution in [0.3, 0.4) is 0 Å². The van der Waals surface area contributed by atoms with Gasteiger partial charge in [0.05, 0.1) is 19.6 Å². The number of nitrogens with zero attached hydrogens (tertiary/aromatic N) is 3. The molecule has 1 N–H and O–H groups in total. The van der Waals surface area contributed by atoms with Crippen LogP contribution in [0.25, 0.3) is 17.1 Å². The highest BCUT2D eigenvalue weighted by Gasteiger charge is 2.23. The van der Waals surface area contributed by atoms with Gasteiger partial charge in [0, 0.05) is 27.9 Å². The van der Waals surface area contributed by atoms with Crippen molar-refractivity contribution < 1.29 is 4.90 Å². The van der Waals surface area contributed by atoms with Gasteiger partial charge in [-0.1, -0.05) is 72.7 Å². The smallest absolute Gasteiger partial charge is 0.196 e. The second kappa shape index (κ2) is 10.1. The van der Waals surface area contributed by atoms with Gasteiger partial charge in [0.25, 0.3) is 0 Å². The Labute approximate surface area is 204 Å². The van der Waals surface area contributed by atoms with Crippen LogP contribution >= 0.6 is 27.7 Å². The summed E-state index contributed by atoms with van der Waals surface area (Å²) in [5.74, 6) is 1.97. The van der Waals surface area contributed by atoms with Crippen molar-refractivity contribution in [3.8, 4) is 17.1 Å². The molecule has 0 spiro atoms. The highest BCUT2D eigenvalue weighted by atomic mass is 79.9. The molecule has 0 amide bonds. The van der Waals surface area contributed by atoms with E-state index in [9.17, 15) is 0 Å². The van der Waals surface area contributed by atoms with E-state index >= 15 is 0 Å². The Morgan fingerprint density at radius 1 is 1.03 bits per heavy atom. The Balaban J connectivity index is 1.61. The lowest BCUT2D eigenvalue weighted by atomic mass is 9.87. The lowest BCUT2D eigenvalue weighted by Crippen LogP contribution is -3.13. The van der Waals surface area contributed by atoms with Gasteiger partial charge in [-0.3, -0.25) is 4.57 Å². The van der Waals surface area contributed by atoms with E-state index in [1.165, 1.54) is 37.8 Å². The zero-order valence-electron chi connectivity index (χ0n) is 19.6. The van der Waals surface area contributed by atoms with Crippen LogP contribution in [0.1, 0.15) is 52.0 Å². The molecule has 2 aromatic carbocycles. The van der Waals surface area contributed by atoms with Crippen molar-refractivity contribution in [2.45, 2.75) is 63.1 Å². The number of thioether (sulfide) groups is 1. The largest absolute Gasteiger partial charge is 0.335 e. The second-order valence-electron chi connectivity index (χ2n) is 9.87. The first-order valence-corrected chi connectivity index (χ1v) is 13.4. The van der Waals surface area contributed by atoms with Gasteiger partial charge in [-0.05, 0) is 54.5 Å². The first-order valence-electron chi connectivity index (χ1n) is 11.6. The average molecular weight is 515 g/mol. The molecular weight excluding hydrogens is 480 g/mol. The molecule has 0 aliphatic carbocycles. The molecule has 1 unspecified atom stereocenters. The predicted octanol–water partition coefficient (Wildman–Crippen LogP) is 5.54. The number of aromatic nitrogens is 3. The van der Waals surface area contributed by atoms with E-state index in [2.05, 4.69) is 107 Å². The van der Waals surface area contributed by atoms with Crippen LogP contribution in [0.5, 0.6) is 0 Å². The number of likely N-dealkylation sites (tertiary alicyclic amines) is 1. The quantitative estimate of drug-likeness (QED) is 0.439. The summed E-state index contributed by atoms with van der Waals surface area (Å²) in [6.45, 7) is 8.03. The molecule has 0 saturated carbocycles. The topological polar surface area (TPSA) is 35.2 Å². The number of halogens is 1. The van der Waals surface area contributed by atoms with Gasteiger partial charge in [0.2, 0.25) is 0 Å². The third kappa shape index (κ3) is 5.46. The Morgan fingerprint density at radius 2 is 1.75 bits per heavy atom. The second-order valence-corrected chi connectivity index (χ2v) is 11.8. The summed E-state index contributed by atoms with van der Waals surface area (Å²) in [6.07, 6.45) is 5.30. The standard InChI is InChI=1S/C26H33BrN4S/c1-26(2,3)20-10-8-19(9-11-20)24-28-29-25(31(24)23-14-12-21(27)13-15-23)32-18-16-22-7-5-6-17-30(22)4/h8-15,22H,5-7,16-18H2,1-4H3/p+1/t22-/m1/s1. The molecule has 6 heteroatoms. The van der Waals surface area contributed by atoms with Gasteiger partial charge in [0.1, 0.15) is 0 Å². The molecular formula is C26H34BrN4S+. The Bertz CT molecular complexity index is 1020. The van der Waals surface area contributed by atoms with Crippen molar-refractivity contribution in [3.63, 3.8) is 0 Å². The van der Waals surface area contributed by atoms with Crippen molar-refractivity contribution in [2.24, 2.45) is 0 Å². The maximum absolute atomic E-state index is 4.63. The molecule has 32 heavy (non-hydrogen) atoms. The number of hydrogen-bond acceptors (Lipinski definition) is 3. The highest BCUT2D eigenvalue weighted by molar-refractivity contribution is 9.10. The minimum absolute atomic E-state index is 0.132. The van der Waals surface area contributed by atoms with Crippen LogP contribution in [0.4, 0.5) is 0 Å². The summed E-state index contributed by atoms with van der Waals surface area (Å²) in [7, 11) is 2.35. The van der Waals surface area contributed by atoms with Crippen molar-refractivity contribution in [1.82, 2.24) is 14.8 Å². The van der Waals surface area contributed by atoms with Gasteiger partial charge in [0.15, 0.2) is 11.0 Å². The molecule has 2 heterocycles. The first kappa shape index (κ1) is 23.5. The lowest BCUT2D eigenvalue weighted by molar-refractivity contribution is -0.911. The fraction of sp³-hybridized carbons (Fsp3) is 0.462. The van der Waals surface area contributed by atoms with Crippen molar-refractivity contribution in [3.05, 3.63) is 58.6 Å². The lowest BCUT2D eigenvalue weighted by Gasteiger charge is -2.29. The van der Waals surface area contributed by atoms with Crippen LogP contribution in [-0.2, 0) is 5.41 Å². The number of nitrogens with one attached hydrogen (secondary N) is 1. The molecule has 3 aromatic rings. The van der Waals surface area contributed by atoms with Gasteiger partial charge in [-0.2, -0.15) is 0 Å². The number of quaternary nitrogens is 1. The Morgan fingerprint density at radius 3 is 2.41 bits per heavy atom. The van der Waals surface area contributed by atoms with Crippen molar-refractivity contribution >= 4 is 27.7 Å². The first-order chi connectivity index (χ1) is 15.3. The molecule has 1 saturated heterocycles. The fourth-order valence-corrected chi connectivity index (χ4v) is 5.69. The summed E-state index contributed by atoms with van der Waals surface area (Å²) >= 11 is 5.39. The van der Waals surface area contributed by atoms with E-state index < -0.39 is 0 Å². The molecule has 2 atom stereocenters. The number of hydrogen-bond donors (Lipinski definition) is 1. The van der Waals surface area contributed by atoms with E-state index in [-0.39, 0.29) is 5.41 Å². The summed E-state index contributed by atoms with van der Waals surface area (Å²) in [5.41, 5.74) is 3.64. The van der Waals surface area contributed by atoms with Gasteiger partial charge >= 0.3 is 0 Å². The number of piperidine rings is 1. The minimum atomic E-state index is 0.132.